The maximum atomic E-state index is 9.33. The van der Waals surface area contributed by atoms with Crippen molar-refractivity contribution in [2.24, 2.45) is 0 Å². The van der Waals surface area contributed by atoms with Crippen LogP contribution < -0.4 is 4.57 Å². The van der Waals surface area contributed by atoms with Crippen LogP contribution in [0.1, 0.15) is 5.56 Å². The molecule has 0 saturated carbocycles. The van der Waals surface area contributed by atoms with E-state index in [1.807, 2.05) is 42.7 Å². The van der Waals surface area contributed by atoms with Gasteiger partial charge in [-0.05, 0) is 24.3 Å². The first-order chi connectivity index (χ1) is 9.81. The molecule has 0 saturated heterocycles. The molecule has 1 heterocycles. The van der Waals surface area contributed by atoms with E-state index in [1.165, 1.54) is 5.56 Å². The van der Waals surface area contributed by atoms with Gasteiger partial charge in [-0.2, -0.15) is 4.57 Å². The van der Waals surface area contributed by atoms with Crippen LogP contribution in [0.15, 0.2) is 73.2 Å². The van der Waals surface area contributed by atoms with Crippen molar-refractivity contribution in [3.05, 3.63) is 78.8 Å². The second-order valence-electron chi connectivity index (χ2n) is 4.65. The highest BCUT2D eigenvalue weighted by Gasteiger charge is 2.07. The average Bonchev–Trinajstić information content (AvgIpc) is 2.49. The van der Waals surface area contributed by atoms with Crippen LogP contribution in [0.3, 0.4) is 0 Å². The van der Waals surface area contributed by atoms with Gasteiger partial charge in [-0.3, -0.25) is 0 Å². The van der Waals surface area contributed by atoms with Crippen LogP contribution in [0, 0.1) is 0 Å². The Morgan fingerprint density at radius 3 is 2.45 bits per heavy atom. The van der Waals surface area contributed by atoms with Crippen LogP contribution in [-0.2, 0) is 6.54 Å². The van der Waals surface area contributed by atoms with Gasteiger partial charge >= 0.3 is 0 Å². The summed E-state index contributed by atoms with van der Waals surface area (Å²) in [6.45, 7) is 0.814. The maximum absolute atomic E-state index is 9.33. The summed E-state index contributed by atoms with van der Waals surface area (Å²) in [4.78, 5) is 4.38. The van der Waals surface area contributed by atoms with Gasteiger partial charge in [0.05, 0.1) is 6.20 Å². The Morgan fingerprint density at radius 2 is 1.70 bits per heavy atom. The Kier molecular flexibility index (Phi) is 3.42. The van der Waals surface area contributed by atoms with Gasteiger partial charge in [0.1, 0.15) is 11.4 Å². The van der Waals surface area contributed by atoms with E-state index in [4.69, 9.17) is 0 Å². The fourth-order valence-electron chi connectivity index (χ4n) is 2.11. The normalized spacial score (nSPS) is 10.4. The van der Waals surface area contributed by atoms with Gasteiger partial charge in [-0.1, -0.05) is 30.3 Å². The molecule has 0 bridgehead atoms. The molecule has 3 aromatic rings. The van der Waals surface area contributed by atoms with Crippen molar-refractivity contribution in [3.8, 4) is 17.0 Å². The van der Waals surface area contributed by atoms with Crippen LogP contribution in [0.4, 0.5) is 0 Å². The molecular weight excluding hydrogens is 248 g/mol. The summed E-state index contributed by atoms with van der Waals surface area (Å²) in [7, 11) is 0. The number of aromatic nitrogens is 2. The highest BCUT2D eigenvalue weighted by Crippen LogP contribution is 2.18. The summed E-state index contributed by atoms with van der Waals surface area (Å²) in [5.41, 5.74) is 3.13. The zero-order chi connectivity index (χ0) is 13.8. The van der Waals surface area contributed by atoms with Gasteiger partial charge < -0.3 is 5.11 Å². The van der Waals surface area contributed by atoms with Crippen LogP contribution in [0.5, 0.6) is 5.75 Å². The predicted molar refractivity (Wildman–Crippen MR) is 77.1 cm³/mol. The number of rotatable bonds is 3. The van der Waals surface area contributed by atoms with Crippen molar-refractivity contribution < 1.29 is 9.67 Å². The molecule has 0 aliphatic carbocycles. The average molecular weight is 263 g/mol. The lowest BCUT2D eigenvalue weighted by molar-refractivity contribution is -0.688. The SMILES string of the molecule is Oc1ccc(-c2c[n+](Cc3ccccc3)ccn2)cc1. The molecular formula is C17H15N2O+. The molecule has 0 spiro atoms. The standard InChI is InChI=1S/C17H14N2O/c20-16-8-6-15(7-9-16)17-13-19(11-10-18-17)12-14-4-2-1-3-5-14/h1-11,13H,12H2/p+1. The Balaban J connectivity index is 1.88. The van der Waals surface area contributed by atoms with E-state index in [0.29, 0.717) is 0 Å². The minimum atomic E-state index is 0.266. The van der Waals surface area contributed by atoms with Crippen molar-refractivity contribution in [2.45, 2.75) is 6.54 Å². The Hall–Kier alpha value is -2.68. The van der Waals surface area contributed by atoms with E-state index in [9.17, 15) is 5.11 Å². The lowest BCUT2D eigenvalue weighted by atomic mass is 10.1. The van der Waals surface area contributed by atoms with Gasteiger partial charge in [-0.15, -0.1) is 0 Å². The molecule has 0 amide bonds. The minimum absolute atomic E-state index is 0.266. The van der Waals surface area contributed by atoms with E-state index >= 15 is 0 Å². The van der Waals surface area contributed by atoms with Crippen molar-refractivity contribution >= 4 is 0 Å². The summed E-state index contributed by atoms with van der Waals surface area (Å²) < 4.78 is 2.10. The number of hydrogen-bond donors (Lipinski definition) is 1. The molecule has 98 valence electrons. The van der Waals surface area contributed by atoms with E-state index in [1.54, 1.807) is 18.3 Å². The number of phenols is 1. The van der Waals surface area contributed by atoms with E-state index < -0.39 is 0 Å². The highest BCUT2D eigenvalue weighted by molar-refractivity contribution is 5.58. The molecule has 0 atom stereocenters. The Morgan fingerprint density at radius 1 is 0.950 bits per heavy atom. The number of benzene rings is 2. The quantitative estimate of drug-likeness (QED) is 0.738. The number of aromatic hydroxyl groups is 1. The number of nitrogens with zero attached hydrogens (tertiary/aromatic N) is 2. The lowest BCUT2D eigenvalue weighted by Crippen LogP contribution is -2.33. The van der Waals surface area contributed by atoms with Crippen molar-refractivity contribution in [1.82, 2.24) is 4.98 Å². The summed E-state index contributed by atoms with van der Waals surface area (Å²) in [6, 6.07) is 17.4. The molecule has 1 N–H and O–H groups in total. The largest absolute Gasteiger partial charge is 0.508 e. The molecule has 3 rings (SSSR count). The van der Waals surface area contributed by atoms with Crippen molar-refractivity contribution in [1.29, 1.82) is 0 Å². The molecule has 2 aromatic carbocycles. The fourth-order valence-corrected chi connectivity index (χ4v) is 2.11. The topological polar surface area (TPSA) is 37.0 Å². The molecule has 0 radical (unpaired) electrons. The Labute approximate surface area is 117 Å². The first-order valence-corrected chi connectivity index (χ1v) is 6.50. The van der Waals surface area contributed by atoms with Gasteiger partial charge in [-0.25, -0.2) is 4.98 Å². The van der Waals surface area contributed by atoms with E-state index in [-0.39, 0.29) is 5.75 Å². The molecule has 0 fully saturated rings. The molecule has 0 unspecified atom stereocenters. The third-order valence-corrected chi connectivity index (χ3v) is 3.13. The van der Waals surface area contributed by atoms with Crippen molar-refractivity contribution in [2.75, 3.05) is 0 Å². The molecule has 20 heavy (non-hydrogen) atoms. The summed E-state index contributed by atoms with van der Waals surface area (Å²) >= 11 is 0. The highest BCUT2D eigenvalue weighted by atomic mass is 16.3. The molecule has 1 aromatic heterocycles. The van der Waals surface area contributed by atoms with Gasteiger partial charge in [0.15, 0.2) is 18.9 Å². The zero-order valence-corrected chi connectivity index (χ0v) is 11.0. The molecule has 3 nitrogen and oxygen atoms in total. The van der Waals surface area contributed by atoms with E-state index in [0.717, 1.165) is 17.8 Å². The van der Waals surface area contributed by atoms with Gasteiger partial charge in [0, 0.05) is 11.1 Å². The van der Waals surface area contributed by atoms with Gasteiger partial charge in [0.25, 0.3) is 0 Å². The Bertz CT molecular complexity index is 694. The number of phenolic OH excluding ortho intramolecular Hbond substituents is 1. The van der Waals surface area contributed by atoms with Crippen LogP contribution in [0.25, 0.3) is 11.3 Å². The minimum Gasteiger partial charge on any atom is -0.508 e. The first-order valence-electron chi connectivity index (χ1n) is 6.50. The maximum Gasteiger partial charge on any atom is 0.195 e. The lowest BCUT2D eigenvalue weighted by Gasteiger charge is -2.01. The van der Waals surface area contributed by atoms with Crippen LogP contribution in [0.2, 0.25) is 0 Å². The van der Waals surface area contributed by atoms with Gasteiger partial charge in [0.2, 0.25) is 0 Å². The number of hydrogen-bond acceptors (Lipinski definition) is 2. The molecule has 3 heteroatoms. The molecule has 0 aliphatic rings. The van der Waals surface area contributed by atoms with Crippen molar-refractivity contribution in [3.63, 3.8) is 0 Å². The summed E-state index contributed by atoms with van der Waals surface area (Å²) in [6.07, 6.45) is 5.77. The van der Waals surface area contributed by atoms with Crippen LogP contribution in [-0.4, -0.2) is 10.1 Å². The predicted octanol–water partition coefficient (Wildman–Crippen LogP) is 2.79. The van der Waals surface area contributed by atoms with E-state index in [2.05, 4.69) is 21.7 Å². The third-order valence-electron chi connectivity index (χ3n) is 3.13. The van der Waals surface area contributed by atoms with Crippen LogP contribution >= 0.6 is 0 Å². The smallest absolute Gasteiger partial charge is 0.195 e. The third kappa shape index (κ3) is 2.83. The fraction of sp³-hybridized carbons (Fsp3) is 0.0588. The molecule has 0 aliphatic heterocycles. The summed E-state index contributed by atoms with van der Waals surface area (Å²) in [5.74, 6) is 0.266. The second-order valence-corrected chi connectivity index (χ2v) is 4.65. The summed E-state index contributed by atoms with van der Waals surface area (Å²) in [5, 5.41) is 9.33. The monoisotopic (exact) mass is 263 g/mol. The second kappa shape index (κ2) is 5.53. The zero-order valence-electron chi connectivity index (χ0n) is 11.0. The first kappa shape index (κ1) is 12.4.